The van der Waals surface area contributed by atoms with Crippen LogP contribution in [0.15, 0.2) is 34.1 Å². The van der Waals surface area contributed by atoms with Gasteiger partial charge in [0.2, 0.25) is 0 Å². The van der Waals surface area contributed by atoms with Crippen LogP contribution in [0.25, 0.3) is 21.5 Å². The van der Waals surface area contributed by atoms with E-state index in [0.29, 0.717) is 0 Å². The van der Waals surface area contributed by atoms with Crippen molar-refractivity contribution >= 4 is 21.5 Å². The molecule has 3 aromatic rings. The molecule has 0 bridgehead atoms. The van der Waals surface area contributed by atoms with E-state index < -0.39 is 29.1 Å². The molecule has 18 heavy (non-hydrogen) atoms. The number of benzene rings is 1. The average molecular weight is 248 g/mol. The number of furan rings is 2. The van der Waals surface area contributed by atoms with Crippen molar-refractivity contribution in [2.24, 2.45) is 0 Å². The van der Waals surface area contributed by atoms with E-state index in [4.69, 9.17) is 0 Å². The normalized spacial score (nSPS) is 11.6. The second-order valence-electron chi connectivity index (χ2n) is 3.71. The molecule has 0 radical (unpaired) electrons. The van der Waals surface area contributed by atoms with Gasteiger partial charge in [0.1, 0.15) is 0 Å². The van der Waals surface area contributed by atoms with Crippen LogP contribution < -0.4 is 22.5 Å². The van der Waals surface area contributed by atoms with Gasteiger partial charge in [-0.3, -0.25) is 0 Å². The molecule has 2 aromatic heterocycles. The third-order valence-electron chi connectivity index (χ3n) is 2.81. The molecule has 0 aliphatic heterocycles. The van der Waals surface area contributed by atoms with E-state index in [1.807, 2.05) is 0 Å². The molecule has 0 saturated carbocycles. The molecule has 7 nitrogen and oxygen atoms in total. The van der Waals surface area contributed by atoms with E-state index in [2.05, 4.69) is 8.83 Å². The molecule has 1 aromatic carbocycles. The Morgan fingerprint density at radius 3 is 1.67 bits per heavy atom. The smallest absolute Gasteiger partial charge is 0.347 e. The molecule has 90 valence electrons. The number of hydrogen-bond acceptors (Lipinski definition) is 7. The van der Waals surface area contributed by atoms with Crippen LogP contribution in [0, 0.1) is 0 Å². The Kier molecular flexibility index (Phi) is 1.91. The Morgan fingerprint density at radius 1 is 0.833 bits per heavy atom. The summed E-state index contributed by atoms with van der Waals surface area (Å²) >= 11 is 0. The predicted octanol–water partition coefficient (Wildman–Crippen LogP) is -1.01. The first-order chi connectivity index (χ1) is 8.54. The van der Waals surface area contributed by atoms with Gasteiger partial charge in [-0.1, -0.05) is 0 Å². The maximum Gasteiger partial charge on any atom is 0.347 e. The molecule has 0 saturated heterocycles. The molecule has 0 fully saturated rings. The molecule has 0 amide bonds. The summed E-state index contributed by atoms with van der Waals surface area (Å²) < 4.78 is 8.74. The van der Waals surface area contributed by atoms with Gasteiger partial charge < -0.3 is 13.9 Å². The summed E-state index contributed by atoms with van der Waals surface area (Å²) in [5, 5.41) is 8.57. The van der Waals surface area contributed by atoms with Gasteiger partial charge in [-0.2, -0.15) is 0 Å². The van der Waals surface area contributed by atoms with Crippen LogP contribution in [0.1, 0.15) is 5.56 Å². The van der Waals surface area contributed by atoms with Gasteiger partial charge in [0, 0.05) is 5.56 Å². The van der Waals surface area contributed by atoms with E-state index >= 15 is 0 Å². The fourth-order valence-electron chi connectivity index (χ4n) is 2.07. The van der Waals surface area contributed by atoms with Crippen molar-refractivity contribution in [3.05, 3.63) is 53.3 Å². The van der Waals surface area contributed by atoms with E-state index in [-0.39, 0.29) is 27.1 Å². The highest BCUT2D eigenvalue weighted by Gasteiger charge is 2.21. The summed E-state index contributed by atoms with van der Waals surface area (Å²) in [6, 6.07) is 1.07. The molecule has 0 atom stereocenters. The highest BCUT2D eigenvalue weighted by atomic mass is 16.4. The highest BCUT2D eigenvalue weighted by Crippen LogP contribution is 2.21. The number of fused-ring (bicyclic) bond motifs is 2. The highest BCUT2D eigenvalue weighted by molar-refractivity contribution is 6.00. The van der Waals surface area contributed by atoms with Crippen molar-refractivity contribution in [1.82, 2.24) is 0 Å². The number of rotatable bonds is 1. The van der Waals surface area contributed by atoms with Crippen LogP contribution in [-0.2, 0) is 6.61 Å². The van der Waals surface area contributed by atoms with Crippen molar-refractivity contribution in [2.75, 3.05) is 0 Å². The summed E-state index contributed by atoms with van der Waals surface area (Å²) in [4.78, 5) is 45.6. The quantitative estimate of drug-likeness (QED) is 0.586. The standard InChI is InChI=1S/C11H4O7/c12-2-5-6-3(8(13)17-10(6)15)1-4-7(5)11(16)18-9(4)14/h1,12H,2H2. The largest absolute Gasteiger partial charge is 0.392 e. The van der Waals surface area contributed by atoms with E-state index in [9.17, 15) is 24.3 Å². The van der Waals surface area contributed by atoms with Crippen LogP contribution in [0.4, 0.5) is 0 Å². The molecule has 0 aliphatic carbocycles. The topological polar surface area (TPSA) is 115 Å². The SMILES string of the molecule is O=c1oc(=O)c2c(CO)c3c(=O)oc(=O)c3cc12. The minimum atomic E-state index is -0.950. The van der Waals surface area contributed by atoms with Crippen LogP contribution in [0.5, 0.6) is 0 Å². The first kappa shape index (κ1) is 10.6. The lowest BCUT2D eigenvalue weighted by Crippen LogP contribution is -2.02. The summed E-state index contributed by atoms with van der Waals surface area (Å²) in [7, 11) is 0. The van der Waals surface area contributed by atoms with Crippen LogP contribution in [0.2, 0.25) is 0 Å². The number of aliphatic hydroxyl groups excluding tert-OH is 1. The van der Waals surface area contributed by atoms with Crippen molar-refractivity contribution in [3.8, 4) is 0 Å². The van der Waals surface area contributed by atoms with Crippen LogP contribution in [-0.4, -0.2) is 5.11 Å². The number of aliphatic hydroxyl groups is 1. The Balaban J connectivity index is 2.84. The lowest BCUT2D eigenvalue weighted by Gasteiger charge is -1.96. The molecular formula is C11H4O7. The first-order valence-electron chi connectivity index (χ1n) is 4.88. The molecule has 0 spiro atoms. The maximum atomic E-state index is 11.5. The minimum Gasteiger partial charge on any atom is -0.392 e. The van der Waals surface area contributed by atoms with E-state index in [1.54, 1.807) is 0 Å². The molecule has 7 heteroatoms. The summed E-state index contributed by atoms with van der Waals surface area (Å²) in [5.41, 5.74) is -3.85. The van der Waals surface area contributed by atoms with Crippen molar-refractivity contribution in [1.29, 1.82) is 0 Å². The van der Waals surface area contributed by atoms with E-state index in [1.165, 1.54) is 0 Å². The summed E-state index contributed by atoms with van der Waals surface area (Å²) in [6.07, 6.45) is 0. The van der Waals surface area contributed by atoms with E-state index in [0.717, 1.165) is 6.07 Å². The lowest BCUT2D eigenvalue weighted by molar-refractivity contribution is 0.284. The van der Waals surface area contributed by atoms with Gasteiger partial charge in [-0.25, -0.2) is 19.2 Å². The third-order valence-corrected chi connectivity index (χ3v) is 2.81. The maximum absolute atomic E-state index is 11.5. The van der Waals surface area contributed by atoms with Gasteiger partial charge in [0.05, 0.1) is 28.2 Å². The Hall–Kier alpha value is -2.54. The van der Waals surface area contributed by atoms with Gasteiger partial charge >= 0.3 is 22.5 Å². The van der Waals surface area contributed by atoms with Crippen LogP contribution in [0.3, 0.4) is 0 Å². The molecule has 3 rings (SSSR count). The fourth-order valence-corrected chi connectivity index (χ4v) is 2.07. The molecule has 2 heterocycles. The van der Waals surface area contributed by atoms with Gasteiger partial charge in [-0.15, -0.1) is 0 Å². The molecule has 0 aliphatic rings. The molecular weight excluding hydrogens is 244 g/mol. The second-order valence-corrected chi connectivity index (χ2v) is 3.71. The third kappa shape index (κ3) is 1.11. The Labute approximate surface area is 96.2 Å². The monoisotopic (exact) mass is 248 g/mol. The second kappa shape index (κ2) is 3.23. The van der Waals surface area contributed by atoms with Gasteiger partial charge in [-0.05, 0) is 6.07 Å². The number of hydrogen-bond donors (Lipinski definition) is 1. The zero-order valence-electron chi connectivity index (χ0n) is 8.68. The first-order valence-corrected chi connectivity index (χ1v) is 4.88. The van der Waals surface area contributed by atoms with Crippen molar-refractivity contribution in [3.63, 3.8) is 0 Å². The van der Waals surface area contributed by atoms with Crippen molar-refractivity contribution in [2.45, 2.75) is 6.61 Å². The predicted molar refractivity (Wildman–Crippen MR) is 59.4 cm³/mol. The molecule has 1 N–H and O–H groups in total. The Morgan fingerprint density at radius 2 is 1.28 bits per heavy atom. The summed E-state index contributed by atoms with van der Waals surface area (Å²) in [6.45, 7) is -0.684. The summed E-state index contributed by atoms with van der Waals surface area (Å²) in [5.74, 6) is 0. The molecule has 0 unspecified atom stereocenters. The average Bonchev–Trinajstić information content (AvgIpc) is 2.77. The minimum absolute atomic E-state index is 0.116. The zero-order valence-corrected chi connectivity index (χ0v) is 8.68. The van der Waals surface area contributed by atoms with Gasteiger partial charge in [0.15, 0.2) is 0 Å². The zero-order chi connectivity index (χ0) is 13.0. The lowest BCUT2D eigenvalue weighted by atomic mass is 10.0. The van der Waals surface area contributed by atoms with Crippen LogP contribution >= 0.6 is 0 Å². The van der Waals surface area contributed by atoms with Crippen molar-refractivity contribution < 1.29 is 13.9 Å². The fraction of sp³-hybridized carbons (Fsp3) is 0.0909. The Bertz CT molecular complexity index is 902. The van der Waals surface area contributed by atoms with Gasteiger partial charge in [0.25, 0.3) is 0 Å².